The van der Waals surface area contributed by atoms with E-state index in [0.717, 1.165) is 23.3 Å². The van der Waals surface area contributed by atoms with Crippen molar-refractivity contribution in [3.63, 3.8) is 0 Å². The average molecular weight is 399 g/mol. The van der Waals surface area contributed by atoms with Gasteiger partial charge in [-0.2, -0.15) is 0 Å². The van der Waals surface area contributed by atoms with Gasteiger partial charge in [0.15, 0.2) is 5.58 Å². The smallest absolute Gasteiger partial charge is 0.336 e. The summed E-state index contributed by atoms with van der Waals surface area (Å²) in [5, 5.41) is 0. The van der Waals surface area contributed by atoms with Crippen LogP contribution in [0, 0.1) is 0 Å². The van der Waals surface area contributed by atoms with Gasteiger partial charge in [0.05, 0.1) is 6.61 Å². The van der Waals surface area contributed by atoms with Gasteiger partial charge in [-0.25, -0.2) is 9.78 Å². The summed E-state index contributed by atoms with van der Waals surface area (Å²) in [6, 6.07) is 22.3. The lowest BCUT2D eigenvalue weighted by Crippen LogP contribution is -2.03. The van der Waals surface area contributed by atoms with Gasteiger partial charge in [0.1, 0.15) is 17.0 Å². The highest BCUT2D eigenvalue weighted by Gasteiger charge is 2.10. The third-order valence-electron chi connectivity index (χ3n) is 4.36. The van der Waals surface area contributed by atoms with Crippen molar-refractivity contribution in [2.75, 3.05) is 6.61 Å². The van der Waals surface area contributed by atoms with E-state index in [4.69, 9.17) is 13.9 Å². The van der Waals surface area contributed by atoms with Gasteiger partial charge >= 0.3 is 5.97 Å². The van der Waals surface area contributed by atoms with Crippen LogP contribution in [0.1, 0.15) is 18.9 Å². The van der Waals surface area contributed by atoms with Gasteiger partial charge in [-0.1, -0.05) is 37.3 Å². The second kappa shape index (κ2) is 9.09. The number of rotatable bonds is 7. The summed E-state index contributed by atoms with van der Waals surface area (Å²) >= 11 is 0. The molecular weight excluding hydrogens is 378 g/mol. The highest BCUT2D eigenvalue weighted by molar-refractivity contribution is 5.89. The third-order valence-corrected chi connectivity index (χ3v) is 4.36. The van der Waals surface area contributed by atoms with E-state index in [1.165, 1.54) is 6.08 Å². The number of carbonyl (C=O) groups is 1. The molecule has 1 aromatic heterocycles. The molecule has 4 rings (SSSR count). The van der Waals surface area contributed by atoms with Crippen LogP contribution in [-0.2, 0) is 4.79 Å². The summed E-state index contributed by atoms with van der Waals surface area (Å²) in [5.74, 6) is 1.27. The molecule has 0 saturated heterocycles. The Morgan fingerprint density at radius 3 is 2.53 bits per heavy atom. The van der Waals surface area contributed by atoms with E-state index in [1.54, 1.807) is 24.3 Å². The van der Waals surface area contributed by atoms with Gasteiger partial charge in [-0.05, 0) is 54.5 Å². The van der Waals surface area contributed by atoms with Gasteiger partial charge < -0.3 is 13.9 Å². The Morgan fingerprint density at radius 2 is 1.77 bits per heavy atom. The van der Waals surface area contributed by atoms with Crippen LogP contribution in [0.5, 0.6) is 11.5 Å². The minimum Gasteiger partial charge on any atom is -0.494 e. The molecule has 3 aromatic carbocycles. The van der Waals surface area contributed by atoms with Crippen LogP contribution >= 0.6 is 0 Å². The normalized spacial score (nSPS) is 11.1. The zero-order valence-corrected chi connectivity index (χ0v) is 16.6. The maximum Gasteiger partial charge on any atom is 0.336 e. The molecule has 0 aliphatic rings. The second-order valence-corrected chi connectivity index (χ2v) is 6.69. The van der Waals surface area contributed by atoms with Crippen LogP contribution in [0.25, 0.3) is 28.6 Å². The van der Waals surface area contributed by atoms with Gasteiger partial charge in [0.25, 0.3) is 0 Å². The lowest BCUT2D eigenvalue weighted by molar-refractivity contribution is -0.128. The van der Waals surface area contributed by atoms with Crippen LogP contribution in [0.2, 0.25) is 0 Å². The molecule has 1 heterocycles. The molecule has 0 radical (unpaired) electrons. The van der Waals surface area contributed by atoms with Crippen molar-refractivity contribution in [3.05, 3.63) is 84.4 Å². The van der Waals surface area contributed by atoms with Crippen molar-refractivity contribution < 1.29 is 18.7 Å². The standard InChI is InChI=1S/C25H21NO4/c1-2-16-28-20-11-8-18(9-12-20)10-15-24(27)29-21-13-14-22-23(17-21)30-25(26-22)19-6-4-3-5-7-19/h3-15,17H,2,16H2,1H3/b15-10+. The van der Waals surface area contributed by atoms with E-state index in [9.17, 15) is 4.79 Å². The molecule has 30 heavy (non-hydrogen) atoms. The lowest BCUT2D eigenvalue weighted by Gasteiger charge is -2.04. The second-order valence-electron chi connectivity index (χ2n) is 6.69. The quantitative estimate of drug-likeness (QED) is 0.220. The zero-order valence-electron chi connectivity index (χ0n) is 16.6. The molecule has 0 bridgehead atoms. The van der Waals surface area contributed by atoms with Gasteiger partial charge in [0.2, 0.25) is 5.89 Å². The summed E-state index contributed by atoms with van der Waals surface area (Å²) in [7, 11) is 0. The molecule has 150 valence electrons. The van der Waals surface area contributed by atoms with Crippen LogP contribution in [0.4, 0.5) is 0 Å². The number of nitrogens with zero attached hydrogens (tertiary/aromatic N) is 1. The molecule has 0 fully saturated rings. The van der Waals surface area contributed by atoms with E-state index in [-0.39, 0.29) is 0 Å². The number of carbonyl (C=O) groups excluding carboxylic acids is 1. The maximum atomic E-state index is 12.2. The van der Waals surface area contributed by atoms with Crippen LogP contribution in [0.15, 0.2) is 83.3 Å². The summed E-state index contributed by atoms with van der Waals surface area (Å²) in [5.41, 5.74) is 3.04. The Hall–Kier alpha value is -3.86. The number of esters is 1. The van der Waals surface area contributed by atoms with Crippen molar-refractivity contribution in [3.8, 4) is 23.0 Å². The number of aromatic nitrogens is 1. The molecule has 0 aliphatic carbocycles. The first-order valence-corrected chi connectivity index (χ1v) is 9.80. The fourth-order valence-corrected chi connectivity index (χ4v) is 2.88. The molecule has 0 aliphatic heterocycles. The number of benzene rings is 3. The Kier molecular flexibility index (Phi) is 5.90. The molecule has 0 amide bonds. The van der Waals surface area contributed by atoms with Crippen molar-refractivity contribution in [2.45, 2.75) is 13.3 Å². The van der Waals surface area contributed by atoms with E-state index in [1.807, 2.05) is 54.6 Å². The lowest BCUT2D eigenvalue weighted by atomic mass is 10.2. The molecule has 0 atom stereocenters. The van der Waals surface area contributed by atoms with Crippen molar-refractivity contribution in [1.82, 2.24) is 4.98 Å². The Balaban J connectivity index is 1.42. The van der Waals surface area contributed by atoms with Gasteiger partial charge in [-0.3, -0.25) is 0 Å². The average Bonchev–Trinajstić information content (AvgIpc) is 3.21. The SMILES string of the molecule is CCCOc1ccc(/C=C/C(=O)Oc2ccc3nc(-c4ccccc4)oc3c2)cc1. The summed E-state index contributed by atoms with van der Waals surface area (Å²) in [6.45, 7) is 2.74. The summed E-state index contributed by atoms with van der Waals surface area (Å²) in [4.78, 5) is 16.7. The van der Waals surface area contributed by atoms with Crippen molar-refractivity contribution in [1.29, 1.82) is 0 Å². The monoisotopic (exact) mass is 399 g/mol. The predicted molar refractivity (Wildman–Crippen MR) is 116 cm³/mol. The highest BCUT2D eigenvalue weighted by Crippen LogP contribution is 2.27. The Labute approximate surface area is 174 Å². The maximum absolute atomic E-state index is 12.2. The minimum atomic E-state index is -0.469. The van der Waals surface area contributed by atoms with E-state index >= 15 is 0 Å². The number of hydrogen-bond donors (Lipinski definition) is 0. The molecule has 0 N–H and O–H groups in total. The molecule has 5 heteroatoms. The van der Waals surface area contributed by atoms with Crippen LogP contribution in [-0.4, -0.2) is 17.6 Å². The number of hydrogen-bond acceptors (Lipinski definition) is 5. The summed E-state index contributed by atoms with van der Waals surface area (Å²) < 4.78 is 16.8. The zero-order chi connectivity index (χ0) is 20.8. The summed E-state index contributed by atoms with van der Waals surface area (Å²) in [6.07, 6.45) is 4.05. The minimum absolute atomic E-state index is 0.399. The fourth-order valence-electron chi connectivity index (χ4n) is 2.88. The van der Waals surface area contributed by atoms with Crippen LogP contribution < -0.4 is 9.47 Å². The molecular formula is C25H21NO4. The Morgan fingerprint density at radius 1 is 1.00 bits per heavy atom. The molecule has 5 nitrogen and oxygen atoms in total. The van der Waals surface area contributed by atoms with Crippen LogP contribution in [0.3, 0.4) is 0 Å². The first-order chi connectivity index (χ1) is 14.7. The van der Waals surface area contributed by atoms with Gasteiger partial charge in [-0.15, -0.1) is 0 Å². The predicted octanol–water partition coefficient (Wildman–Crippen LogP) is 5.90. The van der Waals surface area contributed by atoms with Crippen molar-refractivity contribution in [2.24, 2.45) is 0 Å². The van der Waals surface area contributed by atoms with Gasteiger partial charge in [0, 0.05) is 17.7 Å². The van der Waals surface area contributed by atoms with Crippen molar-refractivity contribution >= 4 is 23.1 Å². The Bertz CT molecular complexity index is 1160. The highest BCUT2D eigenvalue weighted by atomic mass is 16.5. The molecule has 0 saturated carbocycles. The number of oxazole rings is 1. The molecule has 0 spiro atoms. The first-order valence-electron chi connectivity index (χ1n) is 9.80. The number of ether oxygens (including phenoxy) is 2. The fraction of sp³-hybridized carbons (Fsp3) is 0.120. The van der Waals surface area contributed by atoms with E-state index in [2.05, 4.69) is 11.9 Å². The topological polar surface area (TPSA) is 61.6 Å². The largest absolute Gasteiger partial charge is 0.494 e. The molecule has 0 unspecified atom stereocenters. The third kappa shape index (κ3) is 4.75. The van der Waals surface area contributed by atoms with E-state index in [0.29, 0.717) is 29.3 Å². The number of fused-ring (bicyclic) bond motifs is 1. The van der Waals surface area contributed by atoms with E-state index < -0.39 is 5.97 Å². The molecule has 4 aromatic rings. The first kappa shape index (κ1) is 19.5.